The predicted molar refractivity (Wildman–Crippen MR) is 76.1 cm³/mol. The van der Waals surface area contributed by atoms with Gasteiger partial charge in [0.15, 0.2) is 0 Å². The van der Waals surface area contributed by atoms with Crippen molar-refractivity contribution in [3.8, 4) is 6.07 Å². The number of rotatable bonds is 7. The van der Waals surface area contributed by atoms with Crippen molar-refractivity contribution in [1.82, 2.24) is 4.90 Å². The summed E-state index contributed by atoms with van der Waals surface area (Å²) in [4.78, 5) is 14.6. The maximum Gasteiger partial charge on any atom is 0.243 e. The van der Waals surface area contributed by atoms with Gasteiger partial charge < -0.3 is 14.4 Å². The minimum atomic E-state index is -0.839. The molecule has 1 aliphatic rings. The molecule has 0 spiro atoms. The summed E-state index contributed by atoms with van der Waals surface area (Å²) >= 11 is 0. The Kier molecular flexibility index (Phi) is 6.97. The topological polar surface area (TPSA) is 62.6 Å². The van der Waals surface area contributed by atoms with Crippen LogP contribution in [0.4, 0.5) is 0 Å². The molecule has 1 unspecified atom stereocenters. The van der Waals surface area contributed by atoms with Crippen LogP contribution in [0.2, 0.25) is 0 Å². The van der Waals surface area contributed by atoms with Crippen molar-refractivity contribution in [3.63, 3.8) is 0 Å². The third-order valence-corrected chi connectivity index (χ3v) is 4.07. The van der Waals surface area contributed by atoms with Crippen LogP contribution < -0.4 is 0 Å². The molecule has 0 bridgehead atoms. The van der Waals surface area contributed by atoms with Crippen molar-refractivity contribution in [2.24, 2.45) is 5.41 Å². The molecule has 1 aliphatic carbocycles. The first-order chi connectivity index (χ1) is 9.61. The van der Waals surface area contributed by atoms with Gasteiger partial charge in [-0.25, -0.2) is 0 Å². The molecule has 0 aromatic rings. The Morgan fingerprint density at radius 1 is 1.30 bits per heavy atom. The Morgan fingerprint density at radius 3 is 2.45 bits per heavy atom. The molecule has 5 heteroatoms. The van der Waals surface area contributed by atoms with Gasteiger partial charge in [-0.15, -0.1) is 0 Å². The van der Waals surface area contributed by atoms with Gasteiger partial charge in [0.05, 0.1) is 25.3 Å². The van der Waals surface area contributed by atoms with Gasteiger partial charge in [-0.05, 0) is 19.8 Å². The van der Waals surface area contributed by atoms with Gasteiger partial charge in [-0.3, -0.25) is 4.79 Å². The van der Waals surface area contributed by atoms with E-state index >= 15 is 0 Å². The Labute approximate surface area is 121 Å². The van der Waals surface area contributed by atoms with Crippen LogP contribution in [-0.2, 0) is 14.3 Å². The van der Waals surface area contributed by atoms with Crippen LogP contribution in [-0.4, -0.2) is 50.8 Å². The smallest absolute Gasteiger partial charge is 0.243 e. The summed E-state index contributed by atoms with van der Waals surface area (Å²) in [7, 11) is 3.24. The molecule has 1 atom stereocenters. The lowest BCUT2D eigenvalue weighted by molar-refractivity contribution is -0.144. The zero-order valence-corrected chi connectivity index (χ0v) is 12.9. The summed E-state index contributed by atoms with van der Waals surface area (Å²) in [6.45, 7) is 3.40. The molecule has 1 amide bonds. The quantitative estimate of drug-likeness (QED) is 0.716. The Balaban J connectivity index is 2.87. The molecule has 0 saturated heterocycles. The number of amides is 1. The molecule has 1 rings (SSSR count). The maximum absolute atomic E-state index is 12.9. The normalized spacial score (nSPS) is 19.1. The molecular weight excluding hydrogens is 256 g/mol. The predicted octanol–water partition coefficient (Wildman–Crippen LogP) is 1.97. The number of ether oxygens (including phenoxy) is 2. The van der Waals surface area contributed by atoms with Crippen molar-refractivity contribution in [2.45, 2.75) is 45.1 Å². The first-order valence-corrected chi connectivity index (χ1v) is 7.31. The average molecular weight is 282 g/mol. The molecule has 114 valence electrons. The summed E-state index contributed by atoms with van der Waals surface area (Å²) in [6.07, 6.45) is 4.37. The lowest BCUT2D eigenvalue weighted by Gasteiger charge is -2.37. The van der Waals surface area contributed by atoms with Gasteiger partial charge in [0.1, 0.15) is 5.41 Å². The molecule has 0 heterocycles. The van der Waals surface area contributed by atoms with Crippen LogP contribution in [0.25, 0.3) is 0 Å². The summed E-state index contributed by atoms with van der Waals surface area (Å²) < 4.78 is 10.2. The van der Waals surface area contributed by atoms with Crippen LogP contribution in [0.3, 0.4) is 0 Å². The van der Waals surface area contributed by atoms with Crippen LogP contribution >= 0.6 is 0 Å². The highest BCUT2D eigenvalue weighted by molar-refractivity contribution is 5.86. The van der Waals surface area contributed by atoms with Crippen molar-refractivity contribution in [1.29, 1.82) is 5.26 Å². The molecule has 0 aliphatic heterocycles. The van der Waals surface area contributed by atoms with Crippen molar-refractivity contribution < 1.29 is 14.3 Å². The summed E-state index contributed by atoms with van der Waals surface area (Å²) in [5.74, 6) is -0.0544. The molecular formula is C15H26N2O3. The second-order valence-electron chi connectivity index (χ2n) is 5.55. The summed E-state index contributed by atoms with van der Waals surface area (Å²) in [6, 6.07) is 2.25. The average Bonchev–Trinajstić information content (AvgIpc) is 2.48. The molecule has 0 radical (unpaired) electrons. The Hall–Kier alpha value is -1.12. The minimum absolute atomic E-state index is 0.0465. The number of carbonyl (C=O) groups is 1. The van der Waals surface area contributed by atoms with Crippen LogP contribution in [0.1, 0.15) is 39.0 Å². The van der Waals surface area contributed by atoms with Gasteiger partial charge in [-0.2, -0.15) is 5.26 Å². The molecule has 20 heavy (non-hydrogen) atoms. The Bertz CT molecular complexity index is 346. The van der Waals surface area contributed by atoms with Crippen LogP contribution in [0.5, 0.6) is 0 Å². The number of hydrogen-bond donors (Lipinski definition) is 0. The number of hydrogen-bond acceptors (Lipinski definition) is 4. The zero-order chi connectivity index (χ0) is 15.0. The summed E-state index contributed by atoms with van der Waals surface area (Å²) in [5, 5.41) is 9.54. The highest BCUT2D eigenvalue weighted by Gasteiger charge is 2.43. The SMILES string of the molecule is COCCN(C(=O)C1(C#N)CCCCC1)C(C)COC. The second-order valence-corrected chi connectivity index (χ2v) is 5.55. The van der Waals surface area contributed by atoms with E-state index in [0.717, 1.165) is 19.3 Å². The largest absolute Gasteiger partial charge is 0.383 e. The molecule has 0 aromatic carbocycles. The number of methoxy groups -OCH3 is 2. The fourth-order valence-electron chi connectivity index (χ4n) is 2.85. The van der Waals surface area contributed by atoms with E-state index in [9.17, 15) is 10.1 Å². The molecule has 0 aromatic heterocycles. The first kappa shape index (κ1) is 16.9. The van der Waals surface area contributed by atoms with Gasteiger partial charge in [-0.1, -0.05) is 19.3 Å². The van der Waals surface area contributed by atoms with Gasteiger partial charge in [0.25, 0.3) is 0 Å². The number of nitriles is 1. The fraction of sp³-hybridized carbons (Fsp3) is 0.867. The van der Waals surface area contributed by atoms with E-state index in [1.54, 1.807) is 19.1 Å². The van der Waals surface area contributed by atoms with Gasteiger partial charge in [0, 0.05) is 20.8 Å². The third kappa shape index (κ3) is 3.94. The number of carbonyl (C=O) groups excluding carboxylic acids is 1. The van der Waals surface area contributed by atoms with E-state index in [0.29, 0.717) is 32.6 Å². The highest BCUT2D eigenvalue weighted by Crippen LogP contribution is 2.37. The lowest BCUT2D eigenvalue weighted by Crippen LogP contribution is -2.50. The maximum atomic E-state index is 12.9. The summed E-state index contributed by atoms with van der Waals surface area (Å²) in [5.41, 5.74) is -0.839. The third-order valence-electron chi connectivity index (χ3n) is 4.07. The van der Waals surface area contributed by atoms with E-state index in [2.05, 4.69) is 6.07 Å². The molecule has 1 fully saturated rings. The van der Waals surface area contributed by atoms with Crippen molar-refractivity contribution in [3.05, 3.63) is 0 Å². The van der Waals surface area contributed by atoms with Gasteiger partial charge >= 0.3 is 0 Å². The molecule has 1 saturated carbocycles. The highest BCUT2D eigenvalue weighted by atomic mass is 16.5. The standard InChI is InChI=1S/C15H26N2O3/c1-13(11-20-3)17(9-10-19-2)14(18)15(12-16)7-5-4-6-8-15/h13H,4-11H2,1-3H3. The molecule has 5 nitrogen and oxygen atoms in total. The Morgan fingerprint density at radius 2 is 1.95 bits per heavy atom. The van der Waals surface area contributed by atoms with E-state index in [4.69, 9.17) is 9.47 Å². The lowest BCUT2D eigenvalue weighted by atomic mass is 9.74. The minimum Gasteiger partial charge on any atom is -0.383 e. The van der Waals surface area contributed by atoms with E-state index in [1.165, 1.54) is 0 Å². The monoisotopic (exact) mass is 282 g/mol. The van der Waals surface area contributed by atoms with Crippen LogP contribution in [0.15, 0.2) is 0 Å². The van der Waals surface area contributed by atoms with E-state index in [1.807, 2.05) is 6.92 Å². The van der Waals surface area contributed by atoms with Crippen LogP contribution in [0, 0.1) is 16.7 Å². The van der Waals surface area contributed by atoms with Gasteiger partial charge in [0.2, 0.25) is 5.91 Å². The number of nitrogens with zero attached hydrogens (tertiary/aromatic N) is 2. The van der Waals surface area contributed by atoms with E-state index in [-0.39, 0.29) is 11.9 Å². The van der Waals surface area contributed by atoms with Crippen molar-refractivity contribution >= 4 is 5.91 Å². The second kappa shape index (κ2) is 8.23. The zero-order valence-electron chi connectivity index (χ0n) is 12.9. The van der Waals surface area contributed by atoms with Crippen molar-refractivity contribution in [2.75, 3.05) is 34.0 Å². The first-order valence-electron chi connectivity index (χ1n) is 7.31. The van der Waals surface area contributed by atoms with E-state index < -0.39 is 5.41 Å². The molecule has 0 N–H and O–H groups in total. The fourth-order valence-corrected chi connectivity index (χ4v) is 2.85.